The van der Waals surface area contributed by atoms with Crippen molar-refractivity contribution in [1.29, 1.82) is 0 Å². The van der Waals surface area contributed by atoms with Crippen LogP contribution in [0.3, 0.4) is 0 Å². The number of hydrogen-bond donors (Lipinski definition) is 2. The molecule has 0 heterocycles. The Morgan fingerprint density at radius 3 is 2.44 bits per heavy atom. The van der Waals surface area contributed by atoms with Gasteiger partial charge in [-0.2, -0.15) is 0 Å². The summed E-state index contributed by atoms with van der Waals surface area (Å²) < 4.78 is 16.9. The van der Waals surface area contributed by atoms with Crippen molar-refractivity contribution >= 4 is 22.7 Å². The van der Waals surface area contributed by atoms with Gasteiger partial charge in [0.25, 0.3) is 0 Å². The molecule has 0 aromatic heterocycles. The monoisotopic (exact) mass is 279 g/mol. The van der Waals surface area contributed by atoms with Gasteiger partial charge in [0.2, 0.25) is 5.91 Å². The maximum atomic E-state index is 11.6. The number of rotatable bonds is 9. The van der Waals surface area contributed by atoms with Crippen LogP contribution in [0.2, 0.25) is 0 Å². The molecule has 1 amide bonds. The smallest absolute Gasteiger partial charge is 0.327 e. The molecule has 2 unspecified atom stereocenters. The zero-order valence-electron chi connectivity index (χ0n) is 11.0. The van der Waals surface area contributed by atoms with Crippen LogP contribution >= 0.6 is 0 Å². The molecule has 106 valence electrons. The van der Waals surface area contributed by atoms with Gasteiger partial charge in [-0.05, 0) is 5.92 Å². The first-order valence-corrected chi connectivity index (χ1v) is 7.24. The first-order chi connectivity index (χ1) is 8.32. The predicted octanol–water partition coefficient (Wildman–Crippen LogP) is -0.00300. The first-order valence-electron chi connectivity index (χ1n) is 5.75. The molecule has 0 aliphatic rings. The van der Waals surface area contributed by atoms with Crippen LogP contribution < -0.4 is 5.32 Å². The number of hydrogen-bond acceptors (Lipinski definition) is 4. The third-order valence-electron chi connectivity index (χ3n) is 1.93. The largest absolute Gasteiger partial charge is 0.480 e. The second-order valence-electron chi connectivity index (χ2n) is 4.37. The summed E-state index contributed by atoms with van der Waals surface area (Å²) in [7, 11) is -1.32. The standard InChI is InChI=1S/C11H21NO5S/c1-8(2)6-17-4-5-18(16)7-10(11(14)15)12-9(3)13/h8,10H,4-7H2,1-3H3,(H,12,13)(H,14,15). The van der Waals surface area contributed by atoms with Gasteiger partial charge in [-0.3, -0.25) is 9.00 Å². The minimum Gasteiger partial charge on any atom is -0.480 e. The quantitative estimate of drug-likeness (QED) is 0.579. The number of aliphatic carboxylic acids is 1. The molecule has 6 nitrogen and oxygen atoms in total. The van der Waals surface area contributed by atoms with Crippen molar-refractivity contribution in [1.82, 2.24) is 5.32 Å². The van der Waals surface area contributed by atoms with Crippen LogP contribution in [-0.2, 0) is 25.1 Å². The van der Waals surface area contributed by atoms with E-state index in [1.54, 1.807) is 0 Å². The normalized spacial score (nSPS) is 14.2. The number of amides is 1. The van der Waals surface area contributed by atoms with Crippen LogP contribution in [0, 0.1) is 5.92 Å². The first kappa shape index (κ1) is 17.1. The minimum atomic E-state index is -1.32. The number of ether oxygens (including phenoxy) is 1. The molecule has 0 fully saturated rings. The third kappa shape index (κ3) is 9.12. The summed E-state index contributed by atoms with van der Waals surface area (Å²) in [6.07, 6.45) is 0. The second kappa shape index (κ2) is 9.04. The summed E-state index contributed by atoms with van der Waals surface area (Å²) in [5.74, 6) is -1.04. The lowest BCUT2D eigenvalue weighted by Gasteiger charge is -2.13. The molecule has 0 bridgehead atoms. The lowest BCUT2D eigenvalue weighted by molar-refractivity contribution is -0.140. The molecule has 0 saturated heterocycles. The maximum Gasteiger partial charge on any atom is 0.327 e. The molecule has 0 spiro atoms. The predicted molar refractivity (Wildman–Crippen MR) is 68.8 cm³/mol. The van der Waals surface area contributed by atoms with Crippen molar-refractivity contribution in [2.45, 2.75) is 26.8 Å². The van der Waals surface area contributed by atoms with Crippen molar-refractivity contribution < 1.29 is 23.6 Å². The van der Waals surface area contributed by atoms with Gasteiger partial charge >= 0.3 is 5.97 Å². The highest BCUT2D eigenvalue weighted by molar-refractivity contribution is 7.85. The zero-order valence-corrected chi connectivity index (χ0v) is 11.8. The lowest BCUT2D eigenvalue weighted by atomic mass is 10.2. The molecule has 0 aliphatic carbocycles. The van der Waals surface area contributed by atoms with Crippen LogP contribution in [0.15, 0.2) is 0 Å². The SMILES string of the molecule is CC(=O)NC(CS(=O)CCOCC(C)C)C(=O)O. The van der Waals surface area contributed by atoms with Gasteiger partial charge in [0.1, 0.15) is 6.04 Å². The number of carboxylic acids is 1. The van der Waals surface area contributed by atoms with Crippen molar-refractivity contribution in [3.05, 3.63) is 0 Å². The Bertz CT molecular complexity index is 306. The van der Waals surface area contributed by atoms with Crippen molar-refractivity contribution in [2.75, 3.05) is 24.7 Å². The Hall–Kier alpha value is -0.950. The molecule has 0 saturated carbocycles. The van der Waals surface area contributed by atoms with E-state index in [9.17, 15) is 13.8 Å². The van der Waals surface area contributed by atoms with E-state index >= 15 is 0 Å². The van der Waals surface area contributed by atoms with E-state index in [1.165, 1.54) is 6.92 Å². The minimum absolute atomic E-state index is 0.0973. The summed E-state index contributed by atoms with van der Waals surface area (Å²) in [5.41, 5.74) is 0. The van der Waals surface area contributed by atoms with E-state index in [2.05, 4.69) is 5.32 Å². The average molecular weight is 279 g/mol. The van der Waals surface area contributed by atoms with Crippen LogP contribution in [0.4, 0.5) is 0 Å². The lowest BCUT2D eigenvalue weighted by Crippen LogP contribution is -2.43. The van der Waals surface area contributed by atoms with Gasteiger partial charge in [-0.1, -0.05) is 13.8 Å². The Labute approximate surface area is 110 Å². The summed E-state index contributed by atoms with van der Waals surface area (Å²) >= 11 is 0. The number of carbonyl (C=O) groups is 2. The van der Waals surface area contributed by atoms with Crippen molar-refractivity contribution in [3.63, 3.8) is 0 Å². The summed E-state index contributed by atoms with van der Waals surface area (Å²) in [6, 6.07) is -1.10. The van der Waals surface area contributed by atoms with Gasteiger partial charge < -0.3 is 15.2 Å². The van der Waals surface area contributed by atoms with Gasteiger partial charge in [0.05, 0.1) is 12.4 Å². The molecule has 0 aromatic rings. The Morgan fingerprint density at radius 1 is 1.39 bits per heavy atom. The van der Waals surface area contributed by atoms with Crippen LogP contribution in [0.25, 0.3) is 0 Å². The second-order valence-corrected chi connectivity index (χ2v) is 5.99. The summed E-state index contributed by atoms with van der Waals surface area (Å²) in [6.45, 7) is 6.16. The highest BCUT2D eigenvalue weighted by Gasteiger charge is 2.20. The highest BCUT2D eigenvalue weighted by Crippen LogP contribution is 1.95. The third-order valence-corrected chi connectivity index (χ3v) is 3.26. The Balaban J connectivity index is 3.95. The van der Waals surface area contributed by atoms with Crippen LogP contribution in [-0.4, -0.2) is 52.0 Å². The van der Waals surface area contributed by atoms with Crippen LogP contribution in [0.5, 0.6) is 0 Å². The van der Waals surface area contributed by atoms with E-state index in [1.807, 2.05) is 13.8 Å². The van der Waals surface area contributed by atoms with Gasteiger partial charge in [-0.25, -0.2) is 4.79 Å². The van der Waals surface area contributed by atoms with E-state index in [-0.39, 0.29) is 11.5 Å². The molecular weight excluding hydrogens is 258 g/mol. The van der Waals surface area contributed by atoms with Crippen molar-refractivity contribution in [2.24, 2.45) is 5.92 Å². The molecule has 2 N–H and O–H groups in total. The number of carboxylic acid groups (broad SMARTS) is 1. The Morgan fingerprint density at radius 2 is 2.00 bits per heavy atom. The molecule has 0 rings (SSSR count). The fraction of sp³-hybridized carbons (Fsp3) is 0.818. The van der Waals surface area contributed by atoms with Crippen molar-refractivity contribution in [3.8, 4) is 0 Å². The fourth-order valence-electron chi connectivity index (χ4n) is 1.16. The van der Waals surface area contributed by atoms with E-state index in [4.69, 9.17) is 9.84 Å². The number of carbonyl (C=O) groups excluding carboxylic acids is 1. The highest BCUT2D eigenvalue weighted by atomic mass is 32.2. The van der Waals surface area contributed by atoms with Gasteiger partial charge in [0.15, 0.2) is 0 Å². The summed E-state index contributed by atoms with van der Waals surface area (Å²) in [5, 5.41) is 11.1. The van der Waals surface area contributed by atoms with Gasteiger partial charge in [0, 0.05) is 30.1 Å². The van der Waals surface area contributed by atoms with Gasteiger partial charge in [-0.15, -0.1) is 0 Å². The Kier molecular flexibility index (Phi) is 8.57. The molecular formula is C11H21NO5S. The average Bonchev–Trinajstić information content (AvgIpc) is 2.22. The fourth-order valence-corrected chi connectivity index (χ4v) is 2.23. The zero-order chi connectivity index (χ0) is 14.1. The maximum absolute atomic E-state index is 11.6. The van der Waals surface area contributed by atoms with Crippen LogP contribution in [0.1, 0.15) is 20.8 Å². The topological polar surface area (TPSA) is 92.7 Å². The molecule has 18 heavy (non-hydrogen) atoms. The molecule has 0 radical (unpaired) electrons. The van der Waals surface area contributed by atoms with E-state index in [0.717, 1.165) is 0 Å². The molecule has 7 heteroatoms. The van der Waals surface area contributed by atoms with E-state index in [0.29, 0.717) is 19.1 Å². The number of nitrogens with one attached hydrogen (secondary N) is 1. The molecule has 2 atom stereocenters. The molecule has 0 aliphatic heterocycles. The van der Waals surface area contributed by atoms with E-state index < -0.39 is 28.7 Å². The summed E-state index contributed by atoms with van der Waals surface area (Å²) in [4.78, 5) is 21.6. The molecule has 0 aromatic carbocycles.